The maximum Gasteiger partial charge on any atom is 0.305 e. The van der Waals surface area contributed by atoms with Gasteiger partial charge in [0.2, 0.25) is 10.0 Å². The molecule has 0 saturated heterocycles. The van der Waals surface area contributed by atoms with Crippen LogP contribution >= 0.6 is 0 Å². The Bertz CT molecular complexity index is 362. The van der Waals surface area contributed by atoms with E-state index in [9.17, 15) is 13.2 Å². The number of esters is 1. The molecule has 0 aromatic heterocycles. The van der Waals surface area contributed by atoms with Gasteiger partial charge in [0.1, 0.15) is 0 Å². The fraction of sp³-hybridized carbons (Fsp3) is 0.917. The van der Waals surface area contributed by atoms with Gasteiger partial charge in [-0.15, -0.1) is 0 Å². The summed E-state index contributed by atoms with van der Waals surface area (Å²) in [7, 11) is -2.99. The third-order valence-corrected chi connectivity index (χ3v) is 5.94. The molecule has 0 aromatic rings. The molecule has 1 N–H and O–H groups in total. The molecular weight excluding hydrogens is 282 g/mol. The normalized spacial score (nSPS) is 12.4. The van der Waals surface area contributed by atoms with Crippen LogP contribution in [0.5, 0.6) is 0 Å². The maximum atomic E-state index is 11.7. The first-order valence-electron chi connectivity index (χ1n) is 6.70. The van der Waals surface area contributed by atoms with Crippen LogP contribution < -0.4 is 4.72 Å². The fourth-order valence-corrected chi connectivity index (χ4v) is 3.69. The lowest BCUT2D eigenvalue weighted by molar-refractivity contribution is -0.140. The summed E-state index contributed by atoms with van der Waals surface area (Å²) in [5.41, 5.74) is 0. The molecule has 0 amide bonds. The van der Waals surface area contributed by atoms with Crippen molar-refractivity contribution in [2.24, 2.45) is 0 Å². The largest absolute Gasteiger partial charge is 0.469 e. The monoisotopic (exact) mass is 309 g/mol. The van der Waals surface area contributed by atoms with Crippen LogP contribution in [0.25, 0.3) is 0 Å². The van der Waals surface area contributed by atoms with Crippen LogP contribution in [0.15, 0.2) is 0 Å². The second kappa shape index (κ2) is 8.71. The number of sulfonamides is 1. The van der Waals surface area contributed by atoms with E-state index in [-0.39, 0.29) is 11.7 Å². The zero-order valence-corrected chi connectivity index (χ0v) is 14.3. The highest BCUT2D eigenvalue weighted by molar-refractivity contribution is 7.89. The molecule has 5 nitrogen and oxygen atoms in total. The van der Waals surface area contributed by atoms with Crippen molar-refractivity contribution in [3.05, 3.63) is 0 Å². The number of carbonyl (C=O) groups excluding carboxylic acids is 1. The van der Waals surface area contributed by atoms with Gasteiger partial charge in [0, 0.05) is 21.0 Å². The molecule has 0 aliphatic carbocycles. The number of unbranched alkanes of at least 4 members (excludes halogenated alkanes) is 2. The Morgan fingerprint density at radius 1 is 1.16 bits per heavy atom. The quantitative estimate of drug-likeness (QED) is 0.380. The van der Waals surface area contributed by atoms with Gasteiger partial charge in [-0.1, -0.05) is 26.1 Å². The standard InChI is InChI=1S/C12H27NO4SSi/c1-17-12(14)8-6-5-7-10-18(15,16)13-9-11-19(2,3)4/h13H,5-11H2,1-4H3. The first-order valence-corrected chi connectivity index (χ1v) is 12.1. The molecule has 0 radical (unpaired) electrons. The molecule has 0 bridgehead atoms. The van der Waals surface area contributed by atoms with Gasteiger partial charge in [-0.25, -0.2) is 13.1 Å². The Hall–Kier alpha value is -0.403. The van der Waals surface area contributed by atoms with Crippen molar-refractivity contribution in [3.8, 4) is 0 Å². The minimum atomic E-state index is -3.15. The fourth-order valence-electron chi connectivity index (χ4n) is 1.49. The highest BCUT2D eigenvalue weighted by atomic mass is 32.2. The van der Waals surface area contributed by atoms with E-state index in [4.69, 9.17) is 0 Å². The van der Waals surface area contributed by atoms with Crippen LogP contribution in [0.3, 0.4) is 0 Å². The minimum Gasteiger partial charge on any atom is -0.469 e. The smallest absolute Gasteiger partial charge is 0.305 e. The van der Waals surface area contributed by atoms with E-state index < -0.39 is 18.1 Å². The second-order valence-corrected chi connectivity index (χ2v) is 13.5. The van der Waals surface area contributed by atoms with Crippen molar-refractivity contribution in [2.45, 2.75) is 51.4 Å². The first kappa shape index (κ1) is 18.6. The molecule has 0 unspecified atom stereocenters. The van der Waals surface area contributed by atoms with Crippen molar-refractivity contribution in [3.63, 3.8) is 0 Å². The van der Waals surface area contributed by atoms with Gasteiger partial charge in [0.25, 0.3) is 0 Å². The zero-order valence-electron chi connectivity index (χ0n) is 12.5. The summed E-state index contributed by atoms with van der Waals surface area (Å²) >= 11 is 0. The van der Waals surface area contributed by atoms with Crippen molar-refractivity contribution in [1.82, 2.24) is 4.72 Å². The number of nitrogens with one attached hydrogen (secondary N) is 1. The van der Waals surface area contributed by atoms with E-state index >= 15 is 0 Å². The molecule has 0 saturated carbocycles. The summed E-state index contributed by atoms with van der Waals surface area (Å²) in [6.07, 6.45) is 2.35. The molecule has 0 fully saturated rings. The van der Waals surface area contributed by atoms with Crippen LogP contribution in [0, 0.1) is 0 Å². The average molecular weight is 310 g/mol. The van der Waals surface area contributed by atoms with Crippen LogP contribution in [-0.2, 0) is 19.6 Å². The van der Waals surface area contributed by atoms with E-state index in [0.29, 0.717) is 25.8 Å². The van der Waals surface area contributed by atoms with Crippen molar-refractivity contribution in [2.75, 3.05) is 19.4 Å². The summed E-state index contributed by atoms with van der Waals surface area (Å²) in [5, 5.41) is 0. The molecule has 114 valence electrons. The zero-order chi connectivity index (χ0) is 14.9. The van der Waals surface area contributed by atoms with E-state index in [1.807, 2.05) is 0 Å². The van der Waals surface area contributed by atoms with Crippen molar-refractivity contribution < 1.29 is 17.9 Å². The summed E-state index contributed by atoms with van der Waals surface area (Å²) in [6, 6.07) is 0.953. The summed E-state index contributed by atoms with van der Waals surface area (Å²) in [5.74, 6) is -0.101. The van der Waals surface area contributed by atoms with Crippen molar-refractivity contribution in [1.29, 1.82) is 0 Å². The second-order valence-electron chi connectivity index (χ2n) is 5.91. The Morgan fingerprint density at radius 3 is 2.32 bits per heavy atom. The van der Waals surface area contributed by atoms with E-state index in [2.05, 4.69) is 29.1 Å². The van der Waals surface area contributed by atoms with Gasteiger partial charge in [-0.3, -0.25) is 4.79 Å². The number of methoxy groups -OCH3 is 1. The molecule has 0 aliphatic rings. The topological polar surface area (TPSA) is 72.5 Å². The number of hydrogen-bond donors (Lipinski definition) is 1. The van der Waals surface area contributed by atoms with Gasteiger partial charge in [-0.2, -0.15) is 0 Å². The molecule has 0 aromatic carbocycles. The van der Waals surface area contributed by atoms with Gasteiger partial charge < -0.3 is 4.74 Å². The number of carbonyl (C=O) groups is 1. The minimum absolute atomic E-state index is 0.139. The first-order chi connectivity index (χ1) is 8.66. The highest BCUT2D eigenvalue weighted by Crippen LogP contribution is 2.07. The van der Waals surface area contributed by atoms with E-state index in [1.54, 1.807) is 0 Å². The summed E-state index contributed by atoms with van der Waals surface area (Å²) < 4.78 is 30.5. The van der Waals surface area contributed by atoms with Gasteiger partial charge >= 0.3 is 5.97 Å². The molecule has 0 rings (SSSR count). The molecular formula is C12H27NO4SSi. The van der Waals surface area contributed by atoms with E-state index in [1.165, 1.54) is 7.11 Å². The molecule has 19 heavy (non-hydrogen) atoms. The van der Waals surface area contributed by atoms with Crippen LogP contribution in [0.2, 0.25) is 25.7 Å². The van der Waals surface area contributed by atoms with Gasteiger partial charge in [0.05, 0.1) is 12.9 Å². The molecule has 0 heterocycles. The van der Waals surface area contributed by atoms with Gasteiger partial charge in [0.15, 0.2) is 0 Å². The Balaban J connectivity index is 3.71. The summed E-state index contributed by atoms with van der Waals surface area (Å²) in [4.78, 5) is 10.9. The molecule has 0 spiro atoms. The predicted octanol–water partition coefficient (Wildman–Crippen LogP) is 1.98. The van der Waals surface area contributed by atoms with Crippen LogP contribution in [0.4, 0.5) is 0 Å². The van der Waals surface area contributed by atoms with Crippen LogP contribution in [-0.4, -0.2) is 41.9 Å². The molecule has 0 atom stereocenters. The lowest BCUT2D eigenvalue weighted by Gasteiger charge is -2.15. The van der Waals surface area contributed by atoms with Gasteiger partial charge in [-0.05, 0) is 18.9 Å². The Morgan fingerprint density at radius 2 is 1.79 bits per heavy atom. The Labute approximate surface area is 118 Å². The van der Waals surface area contributed by atoms with E-state index in [0.717, 1.165) is 12.5 Å². The maximum absolute atomic E-state index is 11.7. The lowest BCUT2D eigenvalue weighted by atomic mass is 10.2. The molecule has 7 heteroatoms. The Kier molecular flexibility index (Phi) is 8.52. The third kappa shape index (κ3) is 12.4. The van der Waals surface area contributed by atoms with Crippen molar-refractivity contribution >= 4 is 24.1 Å². The third-order valence-electron chi connectivity index (χ3n) is 2.72. The average Bonchev–Trinajstić information content (AvgIpc) is 2.25. The highest BCUT2D eigenvalue weighted by Gasteiger charge is 2.15. The lowest BCUT2D eigenvalue weighted by Crippen LogP contribution is -2.32. The number of ether oxygens (including phenoxy) is 1. The number of hydrogen-bond acceptors (Lipinski definition) is 4. The SMILES string of the molecule is COC(=O)CCCCCS(=O)(=O)NCC[Si](C)(C)C. The summed E-state index contributed by atoms with van der Waals surface area (Å²) in [6.45, 7) is 7.19. The molecule has 0 aliphatic heterocycles. The predicted molar refractivity (Wildman–Crippen MR) is 80.4 cm³/mol. The van der Waals surface area contributed by atoms with Crippen LogP contribution in [0.1, 0.15) is 25.7 Å². The number of rotatable bonds is 10.